The van der Waals surface area contributed by atoms with Gasteiger partial charge in [-0.3, -0.25) is 14.6 Å². The van der Waals surface area contributed by atoms with Crippen LogP contribution in [0.3, 0.4) is 0 Å². The fourth-order valence-electron chi connectivity index (χ4n) is 3.43. The van der Waals surface area contributed by atoms with Crippen molar-refractivity contribution < 1.29 is 28.4 Å². The highest BCUT2D eigenvalue weighted by Crippen LogP contribution is 2.37. The summed E-state index contributed by atoms with van der Waals surface area (Å²) in [6.45, 7) is 8.07. The van der Waals surface area contributed by atoms with E-state index in [2.05, 4.69) is 20.6 Å². The Bertz CT molecular complexity index is 960. The average molecular weight is 484 g/mol. The number of nitrogens with zero attached hydrogens (tertiary/aromatic N) is 2. The Labute approximate surface area is 206 Å². The largest absolute Gasteiger partial charge is 0.494 e. The van der Waals surface area contributed by atoms with Gasteiger partial charge < -0.3 is 29.4 Å². The molecule has 1 saturated heterocycles. The number of carbonyl (C=O) groups is 2. The first-order valence-corrected chi connectivity index (χ1v) is 11.5. The van der Waals surface area contributed by atoms with Gasteiger partial charge in [0.15, 0.2) is 0 Å². The van der Waals surface area contributed by atoms with Gasteiger partial charge in [0.1, 0.15) is 17.5 Å². The minimum absolute atomic E-state index is 0.0333. The summed E-state index contributed by atoms with van der Waals surface area (Å²) < 4.78 is 23.4. The molecule has 10 nitrogen and oxygen atoms in total. The molecule has 188 valence electrons. The quantitative estimate of drug-likeness (QED) is 0.464. The Morgan fingerprint density at radius 3 is 2.34 bits per heavy atom. The molecular formula is C24H33BN4O6. The summed E-state index contributed by atoms with van der Waals surface area (Å²) in [7, 11) is 0.746. The first kappa shape index (κ1) is 26.6. The number of para-hydroxylation sites is 1. The third kappa shape index (κ3) is 7.00. The Morgan fingerprint density at radius 2 is 1.74 bits per heavy atom. The van der Waals surface area contributed by atoms with Crippen molar-refractivity contribution in [2.75, 3.05) is 20.3 Å². The molecule has 0 saturated carbocycles. The van der Waals surface area contributed by atoms with Crippen molar-refractivity contribution in [3.63, 3.8) is 0 Å². The van der Waals surface area contributed by atoms with Crippen LogP contribution in [0.25, 0.3) is 0 Å². The van der Waals surface area contributed by atoms with Crippen LogP contribution < -0.4 is 15.4 Å². The standard InChI is InChI=1S/C24H33BN4O6/c1-23(2)24(3,4)35-25(34-23)20(11-14-33-17-9-7-6-8-10-17)29-22(31)19(16-32-5)28-21(30)18-15-26-12-13-27-18/h6-10,12-13,15,19-20H,11,14,16H2,1-5H3,(H,28,30)(H,29,31). The Hall–Kier alpha value is -3.02. The minimum atomic E-state index is -0.963. The molecule has 1 aromatic carbocycles. The van der Waals surface area contributed by atoms with Crippen LogP contribution in [0.1, 0.15) is 44.6 Å². The van der Waals surface area contributed by atoms with Crippen LogP contribution in [0.15, 0.2) is 48.9 Å². The highest BCUT2D eigenvalue weighted by Gasteiger charge is 2.54. The number of hydrogen-bond donors (Lipinski definition) is 2. The van der Waals surface area contributed by atoms with Crippen LogP contribution in [0, 0.1) is 0 Å². The summed E-state index contributed by atoms with van der Waals surface area (Å²) in [4.78, 5) is 33.6. The summed E-state index contributed by atoms with van der Waals surface area (Å²) in [5, 5.41) is 5.62. The molecule has 1 aliphatic rings. The molecule has 0 aliphatic carbocycles. The van der Waals surface area contributed by atoms with Crippen LogP contribution in [-0.2, 0) is 18.8 Å². The van der Waals surface area contributed by atoms with Crippen LogP contribution in [-0.4, -0.2) is 72.4 Å². The summed E-state index contributed by atoms with van der Waals surface area (Å²) in [6.07, 6.45) is 4.60. The van der Waals surface area contributed by atoms with Crippen LogP contribution in [0.2, 0.25) is 0 Å². The summed E-state index contributed by atoms with van der Waals surface area (Å²) in [5.41, 5.74) is -1.06. The van der Waals surface area contributed by atoms with Crippen LogP contribution >= 0.6 is 0 Å². The zero-order chi connectivity index (χ0) is 25.5. The average Bonchev–Trinajstić information content (AvgIpc) is 3.05. The van der Waals surface area contributed by atoms with E-state index in [0.29, 0.717) is 13.0 Å². The van der Waals surface area contributed by atoms with Crippen molar-refractivity contribution in [3.05, 3.63) is 54.6 Å². The second-order valence-electron chi connectivity index (χ2n) is 9.26. The molecule has 2 aromatic rings. The SMILES string of the molecule is COCC(NC(=O)c1cnccn1)C(=O)NC(CCOc1ccccc1)B1OC(C)(C)C(C)(C)O1. The molecule has 3 rings (SSSR count). The third-order valence-electron chi connectivity index (χ3n) is 6.12. The first-order chi connectivity index (χ1) is 16.6. The molecular weight excluding hydrogens is 451 g/mol. The second kappa shape index (κ2) is 11.6. The molecule has 2 amide bonds. The first-order valence-electron chi connectivity index (χ1n) is 11.5. The Morgan fingerprint density at radius 1 is 1.06 bits per heavy atom. The predicted molar refractivity (Wildman–Crippen MR) is 130 cm³/mol. The molecule has 2 heterocycles. The van der Waals surface area contributed by atoms with Crippen molar-refractivity contribution in [2.24, 2.45) is 0 Å². The van der Waals surface area contributed by atoms with Crippen molar-refractivity contribution in [1.29, 1.82) is 0 Å². The van der Waals surface area contributed by atoms with Gasteiger partial charge in [-0.25, -0.2) is 4.98 Å². The highest BCUT2D eigenvalue weighted by molar-refractivity contribution is 6.48. The van der Waals surface area contributed by atoms with Gasteiger partial charge in [-0.15, -0.1) is 0 Å². The number of methoxy groups -OCH3 is 1. The number of ether oxygens (including phenoxy) is 2. The van der Waals surface area contributed by atoms with Gasteiger partial charge >= 0.3 is 7.12 Å². The smallest absolute Gasteiger partial charge is 0.481 e. The van der Waals surface area contributed by atoms with E-state index in [1.54, 1.807) is 0 Å². The molecule has 0 radical (unpaired) electrons. The fourth-order valence-corrected chi connectivity index (χ4v) is 3.43. The van der Waals surface area contributed by atoms with Gasteiger partial charge in [0.25, 0.3) is 5.91 Å². The predicted octanol–water partition coefficient (Wildman–Crippen LogP) is 1.81. The number of nitrogens with one attached hydrogen (secondary N) is 2. The molecule has 2 N–H and O–H groups in total. The van der Waals surface area contributed by atoms with Gasteiger partial charge in [0.2, 0.25) is 5.91 Å². The van der Waals surface area contributed by atoms with E-state index in [9.17, 15) is 9.59 Å². The van der Waals surface area contributed by atoms with Gasteiger partial charge in [-0.2, -0.15) is 0 Å². The third-order valence-corrected chi connectivity index (χ3v) is 6.12. The Kier molecular flexibility index (Phi) is 8.82. The molecule has 2 atom stereocenters. The normalized spacial score (nSPS) is 17.9. The zero-order valence-electron chi connectivity index (χ0n) is 20.8. The molecule has 1 fully saturated rings. The van der Waals surface area contributed by atoms with E-state index < -0.39 is 42.1 Å². The maximum atomic E-state index is 13.2. The van der Waals surface area contributed by atoms with E-state index in [0.717, 1.165) is 5.75 Å². The van der Waals surface area contributed by atoms with Crippen molar-refractivity contribution >= 4 is 18.9 Å². The van der Waals surface area contributed by atoms with Crippen molar-refractivity contribution in [2.45, 2.75) is 57.3 Å². The maximum Gasteiger partial charge on any atom is 0.481 e. The van der Waals surface area contributed by atoms with E-state index in [1.165, 1.54) is 25.7 Å². The van der Waals surface area contributed by atoms with Crippen LogP contribution in [0.5, 0.6) is 5.75 Å². The van der Waals surface area contributed by atoms with Crippen molar-refractivity contribution in [1.82, 2.24) is 20.6 Å². The molecule has 11 heteroatoms. The lowest BCUT2D eigenvalue weighted by atomic mass is 9.76. The van der Waals surface area contributed by atoms with E-state index in [-0.39, 0.29) is 12.3 Å². The molecule has 0 spiro atoms. The maximum absolute atomic E-state index is 13.2. The summed E-state index contributed by atoms with van der Waals surface area (Å²) >= 11 is 0. The van der Waals surface area contributed by atoms with Crippen molar-refractivity contribution in [3.8, 4) is 5.75 Å². The monoisotopic (exact) mass is 484 g/mol. The molecule has 1 aromatic heterocycles. The number of benzene rings is 1. The summed E-state index contributed by atoms with van der Waals surface area (Å²) in [6, 6.07) is 8.44. The lowest BCUT2D eigenvalue weighted by molar-refractivity contribution is -0.124. The van der Waals surface area contributed by atoms with Gasteiger partial charge in [0.05, 0.1) is 36.6 Å². The van der Waals surface area contributed by atoms with E-state index in [4.69, 9.17) is 18.8 Å². The molecule has 0 bridgehead atoms. The zero-order valence-corrected chi connectivity index (χ0v) is 20.8. The second-order valence-corrected chi connectivity index (χ2v) is 9.26. The lowest BCUT2D eigenvalue weighted by Gasteiger charge is -2.32. The fraction of sp³-hybridized carbons (Fsp3) is 0.500. The molecule has 2 unspecified atom stereocenters. The lowest BCUT2D eigenvalue weighted by Crippen LogP contribution is -2.56. The molecule has 1 aliphatic heterocycles. The number of carbonyl (C=O) groups excluding carboxylic acids is 2. The van der Waals surface area contributed by atoms with Gasteiger partial charge in [-0.1, -0.05) is 18.2 Å². The van der Waals surface area contributed by atoms with E-state index in [1.807, 2.05) is 58.0 Å². The number of hydrogen-bond acceptors (Lipinski definition) is 8. The molecule has 35 heavy (non-hydrogen) atoms. The number of aromatic nitrogens is 2. The highest BCUT2D eigenvalue weighted by atomic mass is 16.7. The van der Waals surface area contributed by atoms with E-state index >= 15 is 0 Å². The Balaban J connectivity index is 1.71. The number of rotatable bonds is 11. The van der Waals surface area contributed by atoms with Gasteiger partial charge in [0, 0.05) is 25.9 Å². The summed E-state index contributed by atoms with van der Waals surface area (Å²) in [5.74, 6) is -0.793. The number of amides is 2. The minimum Gasteiger partial charge on any atom is -0.494 e. The van der Waals surface area contributed by atoms with Crippen LogP contribution in [0.4, 0.5) is 0 Å². The topological polar surface area (TPSA) is 121 Å². The van der Waals surface area contributed by atoms with Gasteiger partial charge in [-0.05, 0) is 39.8 Å².